The van der Waals surface area contributed by atoms with E-state index < -0.39 is 21.7 Å². The van der Waals surface area contributed by atoms with Crippen LogP contribution in [-0.4, -0.2) is 30.5 Å². The standard InChI is InChI=1S/C18H18N4O5S/c1-11(2)22-28(25,26)15-8-6-12(7-9-15)17(23)19-14-5-3-4-13(10-14)16-20-18(24)27-21-16/h3-11,22H,1-2H3,(H,19,23)(H,20,21,24). The first kappa shape index (κ1) is 19.5. The molecule has 0 atom stereocenters. The lowest BCUT2D eigenvalue weighted by molar-refractivity contribution is 0.102. The number of amides is 1. The monoisotopic (exact) mass is 402 g/mol. The Labute approximate surface area is 160 Å². The Bertz CT molecular complexity index is 1150. The molecule has 0 fully saturated rings. The number of H-pyrrole nitrogens is 1. The van der Waals surface area contributed by atoms with E-state index in [4.69, 9.17) is 0 Å². The number of anilines is 1. The van der Waals surface area contributed by atoms with E-state index in [2.05, 4.69) is 24.7 Å². The van der Waals surface area contributed by atoms with Gasteiger partial charge in [0, 0.05) is 22.9 Å². The van der Waals surface area contributed by atoms with E-state index >= 15 is 0 Å². The van der Waals surface area contributed by atoms with E-state index in [9.17, 15) is 18.0 Å². The first-order chi connectivity index (χ1) is 13.2. The van der Waals surface area contributed by atoms with Gasteiger partial charge < -0.3 is 5.32 Å². The quantitative estimate of drug-likeness (QED) is 0.577. The summed E-state index contributed by atoms with van der Waals surface area (Å²) in [4.78, 5) is 26.0. The van der Waals surface area contributed by atoms with Crippen LogP contribution in [0.3, 0.4) is 0 Å². The fourth-order valence-corrected chi connectivity index (χ4v) is 3.72. The maximum Gasteiger partial charge on any atom is 0.439 e. The largest absolute Gasteiger partial charge is 0.439 e. The second-order valence-corrected chi connectivity index (χ2v) is 7.99. The smallest absolute Gasteiger partial charge is 0.322 e. The fourth-order valence-electron chi connectivity index (χ4n) is 2.47. The third-order valence-electron chi connectivity index (χ3n) is 3.65. The lowest BCUT2D eigenvalue weighted by Crippen LogP contribution is -2.30. The minimum Gasteiger partial charge on any atom is -0.322 e. The molecular formula is C18H18N4O5S. The van der Waals surface area contributed by atoms with Crippen LogP contribution in [0.15, 0.2) is 62.7 Å². The van der Waals surface area contributed by atoms with E-state index in [1.165, 1.54) is 24.3 Å². The number of sulfonamides is 1. The molecular weight excluding hydrogens is 384 g/mol. The van der Waals surface area contributed by atoms with Gasteiger partial charge in [0.15, 0.2) is 5.82 Å². The van der Waals surface area contributed by atoms with Gasteiger partial charge in [-0.1, -0.05) is 17.3 Å². The van der Waals surface area contributed by atoms with Crippen LogP contribution in [0.5, 0.6) is 0 Å². The van der Waals surface area contributed by atoms with E-state index in [0.717, 1.165) is 0 Å². The number of hydrogen-bond donors (Lipinski definition) is 3. The van der Waals surface area contributed by atoms with Crippen molar-refractivity contribution in [2.45, 2.75) is 24.8 Å². The van der Waals surface area contributed by atoms with Crippen molar-refractivity contribution in [1.29, 1.82) is 0 Å². The predicted octanol–water partition coefficient (Wildman–Crippen LogP) is 1.97. The zero-order valence-corrected chi connectivity index (χ0v) is 15.9. The molecule has 0 aliphatic carbocycles. The summed E-state index contributed by atoms with van der Waals surface area (Å²) in [6, 6.07) is 12.1. The van der Waals surface area contributed by atoms with Crippen LogP contribution in [0.25, 0.3) is 11.4 Å². The summed E-state index contributed by atoms with van der Waals surface area (Å²) in [5.41, 5.74) is 1.33. The Morgan fingerprint density at radius 2 is 1.86 bits per heavy atom. The van der Waals surface area contributed by atoms with Gasteiger partial charge in [-0.3, -0.25) is 14.3 Å². The van der Waals surface area contributed by atoms with E-state index in [1.807, 2.05) is 0 Å². The normalized spacial score (nSPS) is 11.5. The zero-order valence-electron chi connectivity index (χ0n) is 15.1. The van der Waals surface area contributed by atoms with Gasteiger partial charge in [0.05, 0.1) is 4.90 Å². The van der Waals surface area contributed by atoms with Gasteiger partial charge in [-0.2, -0.15) is 0 Å². The van der Waals surface area contributed by atoms with Gasteiger partial charge in [0.25, 0.3) is 5.91 Å². The average molecular weight is 402 g/mol. The van der Waals surface area contributed by atoms with Crippen molar-refractivity contribution < 1.29 is 17.7 Å². The number of hydrogen-bond acceptors (Lipinski definition) is 6. The Morgan fingerprint density at radius 3 is 2.46 bits per heavy atom. The second-order valence-electron chi connectivity index (χ2n) is 6.28. The third-order valence-corrected chi connectivity index (χ3v) is 5.33. The van der Waals surface area contributed by atoms with Gasteiger partial charge in [-0.05, 0) is 50.2 Å². The van der Waals surface area contributed by atoms with Crippen molar-refractivity contribution in [2.75, 3.05) is 5.32 Å². The molecule has 0 saturated carbocycles. The first-order valence-electron chi connectivity index (χ1n) is 8.35. The Morgan fingerprint density at radius 1 is 1.14 bits per heavy atom. The molecule has 3 N–H and O–H groups in total. The molecule has 0 aliphatic rings. The molecule has 146 valence electrons. The number of nitrogens with zero attached hydrogens (tertiary/aromatic N) is 1. The van der Waals surface area contributed by atoms with Crippen molar-refractivity contribution in [2.24, 2.45) is 0 Å². The van der Waals surface area contributed by atoms with Gasteiger partial charge in [-0.15, -0.1) is 0 Å². The number of rotatable bonds is 6. The van der Waals surface area contributed by atoms with Crippen molar-refractivity contribution in [1.82, 2.24) is 14.9 Å². The molecule has 9 nitrogen and oxygen atoms in total. The highest BCUT2D eigenvalue weighted by molar-refractivity contribution is 7.89. The topological polar surface area (TPSA) is 134 Å². The maximum absolute atomic E-state index is 12.4. The van der Waals surface area contributed by atoms with Crippen molar-refractivity contribution in [3.8, 4) is 11.4 Å². The van der Waals surface area contributed by atoms with Crippen molar-refractivity contribution >= 4 is 21.6 Å². The summed E-state index contributed by atoms with van der Waals surface area (Å²) in [5.74, 6) is -0.841. The van der Waals surface area contributed by atoms with Crippen LogP contribution in [0.4, 0.5) is 5.69 Å². The number of carbonyl (C=O) groups excluding carboxylic acids is 1. The molecule has 1 amide bonds. The highest BCUT2D eigenvalue weighted by atomic mass is 32.2. The Kier molecular flexibility index (Phi) is 5.43. The Hall–Kier alpha value is -3.24. The average Bonchev–Trinajstić information content (AvgIpc) is 3.07. The molecule has 0 saturated heterocycles. The minimum atomic E-state index is -3.62. The molecule has 0 spiro atoms. The number of aromatic nitrogens is 2. The second kappa shape index (κ2) is 7.79. The lowest BCUT2D eigenvalue weighted by atomic mass is 10.1. The molecule has 28 heavy (non-hydrogen) atoms. The molecule has 0 radical (unpaired) electrons. The molecule has 1 heterocycles. The summed E-state index contributed by atoms with van der Waals surface area (Å²) in [7, 11) is -3.62. The molecule has 2 aromatic carbocycles. The first-order valence-corrected chi connectivity index (χ1v) is 9.83. The summed E-state index contributed by atoms with van der Waals surface area (Å²) < 4.78 is 31.2. The molecule has 1 aromatic heterocycles. The zero-order chi connectivity index (χ0) is 20.3. The van der Waals surface area contributed by atoms with Gasteiger partial charge in [0.2, 0.25) is 10.0 Å². The summed E-state index contributed by atoms with van der Waals surface area (Å²) >= 11 is 0. The van der Waals surface area contributed by atoms with E-state index in [-0.39, 0.29) is 16.8 Å². The van der Waals surface area contributed by atoms with Crippen molar-refractivity contribution in [3.05, 3.63) is 64.6 Å². The maximum atomic E-state index is 12.4. The minimum absolute atomic E-state index is 0.0785. The highest BCUT2D eigenvalue weighted by Gasteiger charge is 2.16. The number of aromatic amines is 1. The van der Waals surface area contributed by atoms with Crippen LogP contribution in [0.2, 0.25) is 0 Å². The molecule has 3 rings (SSSR count). The van der Waals surface area contributed by atoms with E-state index in [1.54, 1.807) is 38.1 Å². The number of carbonyl (C=O) groups is 1. The van der Waals surface area contributed by atoms with Crippen LogP contribution in [-0.2, 0) is 10.0 Å². The summed E-state index contributed by atoms with van der Waals surface area (Å²) in [6.45, 7) is 3.45. The van der Waals surface area contributed by atoms with Crippen LogP contribution in [0, 0.1) is 0 Å². The highest BCUT2D eigenvalue weighted by Crippen LogP contribution is 2.19. The molecule has 0 aliphatic heterocycles. The fraction of sp³-hybridized carbons (Fsp3) is 0.167. The van der Waals surface area contributed by atoms with E-state index in [0.29, 0.717) is 16.8 Å². The Balaban J connectivity index is 1.76. The molecule has 3 aromatic rings. The molecule has 0 unspecified atom stereocenters. The third kappa shape index (κ3) is 4.53. The van der Waals surface area contributed by atoms with Crippen LogP contribution >= 0.6 is 0 Å². The van der Waals surface area contributed by atoms with Gasteiger partial charge >= 0.3 is 5.76 Å². The SMILES string of the molecule is CC(C)NS(=O)(=O)c1ccc(C(=O)Nc2cccc(-c3noc(=O)[nH]3)c2)cc1. The number of benzene rings is 2. The summed E-state index contributed by atoms with van der Waals surface area (Å²) in [5, 5.41) is 6.31. The van der Waals surface area contributed by atoms with Crippen LogP contribution < -0.4 is 15.8 Å². The lowest BCUT2D eigenvalue weighted by Gasteiger charge is -2.10. The van der Waals surface area contributed by atoms with Crippen LogP contribution in [0.1, 0.15) is 24.2 Å². The molecule has 0 bridgehead atoms. The van der Waals surface area contributed by atoms with Gasteiger partial charge in [0.1, 0.15) is 0 Å². The summed E-state index contributed by atoms with van der Waals surface area (Å²) in [6.07, 6.45) is 0. The molecule has 10 heteroatoms. The predicted molar refractivity (Wildman–Crippen MR) is 102 cm³/mol. The van der Waals surface area contributed by atoms with Gasteiger partial charge in [-0.25, -0.2) is 17.9 Å². The number of nitrogens with one attached hydrogen (secondary N) is 3. The van der Waals surface area contributed by atoms with Crippen molar-refractivity contribution in [3.63, 3.8) is 0 Å².